The molecule has 2 aliphatic rings. The van der Waals surface area contributed by atoms with Gasteiger partial charge < -0.3 is 5.32 Å². The van der Waals surface area contributed by atoms with Crippen LogP contribution in [0.3, 0.4) is 0 Å². The standard InChI is InChI=1S/C19H24ClN3S.ClH/c20-18-4-2-1-3-17(18)19-6-5-16(24-19)14-22-10-7-15(13-22)23-11-8-21-9-12-23;/h1-6,15,21H,7-14H2;1H. The molecule has 0 spiro atoms. The number of piperazine rings is 1. The molecule has 25 heavy (non-hydrogen) atoms. The molecule has 0 bridgehead atoms. The Kier molecular flexibility index (Phi) is 6.78. The molecule has 0 aliphatic carbocycles. The van der Waals surface area contributed by atoms with Crippen molar-refractivity contribution in [3.63, 3.8) is 0 Å². The molecule has 0 saturated carbocycles. The Labute approximate surface area is 165 Å². The lowest BCUT2D eigenvalue weighted by Gasteiger charge is -2.32. The molecule has 3 nitrogen and oxygen atoms in total. The number of nitrogens with one attached hydrogen (secondary N) is 1. The summed E-state index contributed by atoms with van der Waals surface area (Å²) in [5.74, 6) is 0. The molecule has 2 saturated heterocycles. The van der Waals surface area contributed by atoms with E-state index in [1.54, 1.807) is 0 Å². The van der Waals surface area contributed by atoms with E-state index in [1.165, 1.54) is 42.4 Å². The van der Waals surface area contributed by atoms with E-state index in [2.05, 4.69) is 39.4 Å². The minimum atomic E-state index is 0. The third-order valence-corrected chi connectivity index (χ3v) is 6.53. The molecule has 3 heterocycles. The Morgan fingerprint density at radius 1 is 1.08 bits per heavy atom. The molecule has 2 aliphatic heterocycles. The predicted octanol–water partition coefficient (Wildman–Crippen LogP) is 3.97. The number of likely N-dealkylation sites (tertiary alicyclic amines) is 1. The van der Waals surface area contributed by atoms with E-state index < -0.39 is 0 Å². The molecule has 1 aromatic carbocycles. The van der Waals surface area contributed by atoms with Crippen LogP contribution < -0.4 is 5.32 Å². The van der Waals surface area contributed by atoms with Gasteiger partial charge in [-0.15, -0.1) is 23.7 Å². The molecular weight excluding hydrogens is 373 g/mol. The molecule has 1 N–H and O–H groups in total. The van der Waals surface area contributed by atoms with Gasteiger partial charge in [-0.3, -0.25) is 9.80 Å². The van der Waals surface area contributed by atoms with Crippen LogP contribution in [-0.2, 0) is 6.54 Å². The van der Waals surface area contributed by atoms with Crippen LogP contribution >= 0.6 is 35.3 Å². The highest BCUT2D eigenvalue weighted by atomic mass is 35.5. The quantitative estimate of drug-likeness (QED) is 0.841. The fraction of sp³-hybridized carbons (Fsp3) is 0.474. The minimum Gasteiger partial charge on any atom is -0.314 e. The van der Waals surface area contributed by atoms with Gasteiger partial charge in [-0.1, -0.05) is 29.8 Å². The molecule has 6 heteroatoms. The Bertz CT molecular complexity index is 685. The van der Waals surface area contributed by atoms with E-state index in [0.717, 1.165) is 36.3 Å². The van der Waals surface area contributed by atoms with Gasteiger partial charge in [0.25, 0.3) is 0 Å². The number of halogens is 2. The summed E-state index contributed by atoms with van der Waals surface area (Å²) in [5, 5.41) is 4.29. The second kappa shape index (κ2) is 8.85. The van der Waals surface area contributed by atoms with Crippen LogP contribution in [0.4, 0.5) is 0 Å². The maximum Gasteiger partial charge on any atom is 0.0492 e. The Hall–Kier alpha value is -0.620. The summed E-state index contributed by atoms with van der Waals surface area (Å²) in [5.41, 5.74) is 1.15. The number of rotatable bonds is 4. The van der Waals surface area contributed by atoms with E-state index in [-0.39, 0.29) is 12.4 Å². The first kappa shape index (κ1) is 19.2. The molecule has 136 valence electrons. The van der Waals surface area contributed by atoms with E-state index in [0.29, 0.717) is 0 Å². The highest BCUT2D eigenvalue weighted by molar-refractivity contribution is 7.15. The fourth-order valence-electron chi connectivity index (χ4n) is 3.79. The smallest absolute Gasteiger partial charge is 0.0492 e. The van der Waals surface area contributed by atoms with Crippen LogP contribution in [0.1, 0.15) is 11.3 Å². The Morgan fingerprint density at radius 3 is 2.68 bits per heavy atom. The van der Waals surface area contributed by atoms with Crippen LogP contribution in [0.5, 0.6) is 0 Å². The van der Waals surface area contributed by atoms with Crippen molar-refractivity contribution in [3.8, 4) is 10.4 Å². The van der Waals surface area contributed by atoms with Crippen molar-refractivity contribution in [2.75, 3.05) is 39.3 Å². The topological polar surface area (TPSA) is 18.5 Å². The van der Waals surface area contributed by atoms with Crippen LogP contribution in [-0.4, -0.2) is 55.1 Å². The van der Waals surface area contributed by atoms with Gasteiger partial charge in [-0.25, -0.2) is 0 Å². The summed E-state index contributed by atoms with van der Waals surface area (Å²) in [6.07, 6.45) is 1.31. The number of hydrogen-bond donors (Lipinski definition) is 1. The highest BCUT2D eigenvalue weighted by Gasteiger charge is 2.28. The zero-order chi connectivity index (χ0) is 16.4. The molecule has 0 radical (unpaired) electrons. The van der Waals surface area contributed by atoms with Crippen molar-refractivity contribution in [2.45, 2.75) is 19.0 Å². The van der Waals surface area contributed by atoms with E-state index in [4.69, 9.17) is 11.6 Å². The summed E-state index contributed by atoms with van der Waals surface area (Å²) in [4.78, 5) is 7.98. The third kappa shape index (κ3) is 4.57. The molecule has 1 unspecified atom stereocenters. The average molecular weight is 398 g/mol. The van der Waals surface area contributed by atoms with Gasteiger partial charge in [0, 0.05) is 72.2 Å². The summed E-state index contributed by atoms with van der Waals surface area (Å²) < 4.78 is 0. The Morgan fingerprint density at radius 2 is 1.88 bits per heavy atom. The van der Waals surface area contributed by atoms with Gasteiger partial charge in [0.15, 0.2) is 0 Å². The lowest BCUT2D eigenvalue weighted by molar-refractivity contribution is 0.170. The SMILES string of the molecule is Cl.Clc1ccccc1-c1ccc(CN2CCC(N3CCNCC3)C2)s1. The number of hydrogen-bond acceptors (Lipinski definition) is 4. The van der Waals surface area contributed by atoms with Gasteiger partial charge in [-0.2, -0.15) is 0 Å². The van der Waals surface area contributed by atoms with Crippen molar-refractivity contribution in [2.24, 2.45) is 0 Å². The lowest BCUT2D eigenvalue weighted by atomic mass is 10.2. The van der Waals surface area contributed by atoms with Gasteiger partial charge in [0.2, 0.25) is 0 Å². The van der Waals surface area contributed by atoms with Crippen LogP contribution in [0.15, 0.2) is 36.4 Å². The van der Waals surface area contributed by atoms with Crippen molar-refractivity contribution < 1.29 is 0 Å². The van der Waals surface area contributed by atoms with Crippen LogP contribution in [0.2, 0.25) is 5.02 Å². The third-order valence-electron chi connectivity index (χ3n) is 5.10. The second-order valence-corrected chi connectivity index (χ2v) is 8.28. The first-order valence-electron chi connectivity index (χ1n) is 8.80. The van der Waals surface area contributed by atoms with Gasteiger partial charge >= 0.3 is 0 Å². The molecule has 1 atom stereocenters. The largest absolute Gasteiger partial charge is 0.314 e. The summed E-state index contributed by atoms with van der Waals surface area (Å²) in [6.45, 7) is 8.18. The summed E-state index contributed by atoms with van der Waals surface area (Å²) in [7, 11) is 0. The van der Waals surface area contributed by atoms with Gasteiger partial charge in [-0.05, 0) is 24.6 Å². The van der Waals surface area contributed by atoms with Crippen molar-refractivity contribution >= 4 is 35.3 Å². The zero-order valence-electron chi connectivity index (χ0n) is 14.3. The van der Waals surface area contributed by atoms with Crippen LogP contribution in [0.25, 0.3) is 10.4 Å². The predicted molar refractivity (Wildman–Crippen MR) is 110 cm³/mol. The lowest BCUT2D eigenvalue weighted by Crippen LogP contribution is -2.49. The first-order chi connectivity index (χ1) is 11.8. The summed E-state index contributed by atoms with van der Waals surface area (Å²) in [6, 6.07) is 13.3. The zero-order valence-corrected chi connectivity index (χ0v) is 16.7. The normalized spacial score (nSPS) is 22.0. The van der Waals surface area contributed by atoms with Crippen LogP contribution in [0, 0.1) is 0 Å². The van der Waals surface area contributed by atoms with Crippen molar-refractivity contribution in [3.05, 3.63) is 46.3 Å². The van der Waals surface area contributed by atoms with E-state index in [9.17, 15) is 0 Å². The highest BCUT2D eigenvalue weighted by Crippen LogP contribution is 2.34. The minimum absolute atomic E-state index is 0. The maximum absolute atomic E-state index is 6.33. The molecular formula is C19H25Cl2N3S. The van der Waals surface area contributed by atoms with E-state index in [1.807, 2.05) is 23.5 Å². The molecule has 2 fully saturated rings. The molecule has 1 aromatic heterocycles. The number of benzene rings is 1. The van der Waals surface area contributed by atoms with Crippen molar-refractivity contribution in [1.82, 2.24) is 15.1 Å². The molecule has 2 aromatic rings. The maximum atomic E-state index is 6.33. The Balaban J connectivity index is 0.00000182. The van der Waals surface area contributed by atoms with Gasteiger partial charge in [0.05, 0.1) is 0 Å². The van der Waals surface area contributed by atoms with E-state index >= 15 is 0 Å². The monoisotopic (exact) mass is 397 g/mol. The summed E-state index contributed by atoms with van der Waals surface area (Å²) >= 11 is 8.20. The number of nitrogens with zero attached hydrogens (tertiary/aromatic N) is 2. The molecule has 4 rings (SSSR count). The average Bonchev–Trinajstić information content (AvgIpc) is 3.26. The van der Waals surface area contributed by atoms with Crippen molar-refractivity contribution in [1.29, 1.82) is 0 Å². The molecule has 0 amide bonds. The first-order valence-corrected chi connectivity index (χ1v) is 10.00. The number of thiophene rings is 1. The fourth-order valence-corrected chi connectivity index (χ4v) is 5.17. The van der Waals surface area contributed by atoms with Gasteiger partial charge in [0.1, 0.15) is 0 Å². The second-order valence-electron chi connectivity index (χ2n) is 6.71.